The molecule has 0 aliphatic carbocycles. The average molecular weight is 330 g/mol. The van der Waals surface area contributed by atoms with E-state index in [9.17, 15) is 9.59 Å². The van der Waals surface area contributed by atoms with Gasteiger partial charge in [0.05, 0.1) is 12.6 Å². The van der Waals surface area contributed by atoms with E-state index in [0.717, 1.165) is 0 Å². The van der Waals surface area contributed by atoms with E-state index in [-0.39, 0.29) is 18.2 Å². The standard InChI is InChI=1S/C16H30N2O5/c1-15(2,3)22-13(19)17-8-9-18(12(10-17)11-21-7)14(20)23-16(4,5)6/h12H,8-11H2,1-7H3/t12-/m1/s1. The van der Waals surface area contributed by atoms with Crippen LogP contribution in [0.4, 0.5) is 9.59 Å². The molecule has 134 valence electrons. The maximum atomic E-state index is 12.3. The lowest BCUT2D eigenvalue weighted by molar-refractivity contribution is -0.0264. The smallest absolute Gasteiger partial charge is 0.410 e. The van der Waals surface area contributed by atoms with Crippen LogP contribution in [0.2, 0.25) is 0 Å². The minimum Gasteiger partial charge on any atom is -0.444 e. The number of methoxy groups -OCH3 is 1. The molecule has 0 aromatic rings. The highest BCUT2D eigenvalue weighted by Gasteiger charge is 2.36. The van der Waals surface area contributed by atoms with Gasteiger partial charge >= 0.3 is 12.2 Å². The van der Waals surface area contributed by atoms with Crippen LogP contribution in [-0.4, -0.2) is 72.6 Å². The third-order valence-electron chi connectivity index (χ3n) is 3.12. The van der Waals surface area contributed by atoms with Gasteiger partial charge in [0.15, 0.2) is 0 Å². The fourth-order valence-corrected chi connectivity index (χ4v) is 2.24. The third-order valence-corrected chi connectivity index (χ3v) is 3.12. The second kappa shape index (κ2) is 7.38. The van der Waals surface area contributed by atoms with Crippen LogP contribution in [0.5, 0.6) is 0 Å². The van der Waals surface area contributed by atoms with Crippen molar-refractivity contribution in [1.82, 2.24) is 9.80 Å². The van der Waals surface area contributed by atoms with Crippen molar-refractivity contribution in [3.63, 3.8) is 0 Å². The summed E-state index contributed by atoms with van der Waals surface area (Å²) in [7, 11) is 1.57. The molecule has 1 saturated heterocycles. The van der Waals surface area contributed by atoms with Crippen LogP contribution in [0.3, 0.4) is 0 Å². The van der Waals surface area contributed by atoms with Gasteiger partial charge in [-0.3, -0.25) is 4.90 Å². The molecular formula is C16H30N2O5. The van der Waals surface area contributed by atoms with E-state index < -0.39 is 11.2 Å². The lowest BCUT2D eigenvalue weighted by Gasteiger charge is -2.41. The first-order chi connectivity index (χ1) is 10.4. The van der Waals surface area contributed by atoms with Gasteiger partial charge in [-0.05, 0) is 41.5 Å². The van der Waals surface area contributed by atoms with Gasteiger partial charge in [-0.25, -0.2) is 9.59 Å². The Morgan fingerprint density at radius 2 is 1.48 bits per heavy atom. The van der Waals surface area contributed by atoms with E-state index in [0.29, 0.717) is 26.2 Å². The molecule has 1 atom stereocenters. The van der Waals surface area contributed by atoms with Gasteiger partial charge in [-0.15, -0.1) is 0 Å². The average Bonchev–Trinajstić information content (AvgIpc) is 2.34. The summed E-state index contributed by atoms with van der Waals surface area (Å²) in [4.78, 5) is 27.7. The van der Waals surface area contributed by atoms with Crippen LogP contribution in [0.15, 0.2) is 0 Å². The van der Waals surface area contributed by atoms with Crippen LogP contribution in [-0.2, 0) is 14.2 Å². The number of nitrogens with zero attached hydrogens (tertiary/aromatic N) is 2. The van der Waals surface area contributed by atoms with Gasteiger partial charge in [0.25, 0.3) is 0 Å². The highest BCUT2D eigenvalue weighted by atomic mass is 16.6. The molecule has 7 heteroatoms. The van der Waals surface area contributed by atoms with Crippen molar-refractivity contribution in [2.24, 2.45) is 0 Å². The molecule has 0 bridgehead atoms. The van der Waals surface area contributed by atoms with Crippen molar-refractivity contribution < 1.29 is 23.8 Å². The second-order valence-corrected chi connectivity index (χ2v) is 7.71. The highest BCUT2D eigenvalue weighted by molar-refractivity contribution is 5.71. The first kappa shape index (κ1) is 19.5. The molecule has 1 aliphatic heterocycles. The predicted octanol–water partition coefficient (Wildman–Crippen LogP) is 2.49. The van der Waals surface area contributed by atoms with Crippen molar-refractivity contribution in [2.75, 3.05) is 33.4 Å². The van der Waals surface area contributed by atoms with Crippen molar-refractivity contribution in [3.05, 3.63) is 0 Å². The van der Waals surface area contributed by atoms with E-state index in [1.165, 1.54) is 0 Å². The maximum Gasteiger partial charge on any atom is 0.410 e. The molecule has 0 radical (unpaired) electrons. The first-order valence-electron chi connectivity index (χ1n) is 7.89. The van der Waals surface area contributed by atoms with Gasteiger partial charge in [-0.1, -0.05) is 0 Å². The van der Waals surface area contributed by atoms with Gasteiger partial charge in [-0.2, -0.15) is 0 Å². The molecule has 1 rings (SSSR count). The maximum absolute atomic E-state index is 12.3. The van der Waals surface area contributed by atoms with Crippen LogP contribution >= 0.6 is 0 Å². The van der Waals surface area contributed by atoms with Gasteiger partial charge in [0.2, 0.25) is 0 Å². The topological polar surface area (TPSA) is 68.3 Å². The van der Waals surface area contributed by atoms with Gasteiger partial charge in [0.1, 0.15) is 11.2 Å². The Balaban J connectivity index is 2.74. The highest BCUT2D eigenvalue weighted by Crippen LogP contribution is 2.18. The van der Waals surface area contributed by atoms with E-state index in [4.69, 9.17) is 14.2 Å². The lowest BCUT2D eigenvalue weighted by Crippen LogP contribution is -2.59. The zero-order valence-corrected chi connectivity index (χ0v) is 15.3. The van der Waals surface area contributed by atoms with Crippen LogP contribution in [0.1, 0.15) is 41.5 Å². The Morgan fingerprint density at radius 3 is 1.96 bits per heavy atom. The number of rotatable bonds is 2. The summed E-state index contributed by atoms with van der Waals surface area (Å²) in [6.45, 7) is 12.5. The Bertz CT molecular complexity index is 425. The minimum absolute atomic E-state index is 0.254. The number of carbonyl (C=O) groups is 2. The molecule has 1 aliphatic rings. The largest absolute Gasteiger partial charge is 0.444 e. The summed E-state index contributed by atoms with van der Waals surface area (Å²) in [5.41, 5.74) is -1.10. The Kier molecular flexibility index (Phi) is 6.27. The Morgan fingerprint density at radius 1 is 0.957 bits per heavy atom. The first-order valence-corrected chi connectivity index (χ1v) is 7.89. The molecule has 0 spiro atoms. The summed E-state index contributed by atoms with van der Waals surface area (Å²) in [5.74, 6) is 0. The van der Waals surface area contributed by atoms with Gasteiger partial charge < -0.3 is 19.1 Å². The molecule has 0 unspecified atom stereocenters. The van der Waals surface area contributed by atoms with Crippen molar-refractivity contribution in [3.8, 4) is 0 Å². The van der Waals surface area contributed by atoms with Crippen LogP contribution in [0, 0.1) is 0 Å². The Hall–Kier alpha value is -1.50. The zero-order valence-electron chi connectivity index (χ0n) is 15.3. The van der Waals surface area contributed by atoms with E-state index in [1.807, 2.05) is 41.5 Å². The monoisotopic (exact) mass is 330 g/mol. The predicted molar refractivity (Wildman–Crippen MR) is 86.4 cm³/mol. The number of carbonyl (C=O) groups excluding carboxylic acids is 2. The summed E-state index contributed by atoms with van der Waals surface area (Å²) in [5, 5.41) is 0. The van der Waals surface area contributed by atoms with Crippen molar-refractivity contribution >= 4 is 12.2 Å². The molecular weight excluding hydrogens is 300 g/mol. The Labute approximate surface area is 138 Å². The summed E-state index contributed by atoms with van der Waals surface area (Å²) in [6.07, 6.45) is -0.758. The van der Waals surface area contributed by atoms with Gasteiger partial charge in [0, 0.05) is 26.7 Å². The quantitative estimate of drug-likeness (QED) is 0.778. The number of piperazine rings is 1. The molecule has 7 nitrogen and oxygen atoms in total. The number of hydrogen-bond donors (Lipinski definition) is 0. The molecule has 0 aromatic heterocycles. The normalized spacial score (nSPS) is 19.5. The minimum atomic E-state index is -0.559. The lowest BCUT2D eigenvalue weighted by atomic mass is 10.1. The number of ether oxygens (including phenoxy) is 3. The van der Waals surface area contributed by atoms with Crippen LogP contribution < -0.4 is 0 Å². The summed E-state index contributed by atoms with van der Waals surface area (Å²) >= 11 is 0. The van der Waals surface area contributed by atoms with Crippen molar-refractivity contribution in [2.45, 2.75) is 58.8 Å². The van der Waals surface area contributed by atoms with E-state index in [2.05, 4.69) is 0 Å². The fraction of sp³-hybridized carbons (Fsp3) is 0.875. The molecule has 2 amide bonds. The van der Waals surface area contributed by atoms with Crippen molar-refractivity contribution in [1.29, 1.82) is 0 Å². The van der Waals surface area contributed by atoms with E-state index in [1.54, 1.807) is 16.9 Å². The number of hydrogen-bond acceptors (Lipinski definition) is 5. The second-order valence-electron chi connectivity index (χ2n) is 7.71. The molecule has 0 saturated carbocycles. The molecule has 1 fully saturated rings. The van der Waals surface area contributed by atoms with E-state index >= 15 is 0 Å². The summed E-state index contributed by atoms with van der Waals surface area (Å²) < 4.78 is 16.0. The molecule has 23 heavy (non-hydrogen) atoms. The molecule has 0 aromatic carbocycles. The number of amides is 2. The SMILES string of the molecule is COC[C@H]1CN(C(=O)OC(C)(C)C)CCN1C(=O)OC(C)(C)C. The summed E-state index contributed by atoms with van der Waals surface area (Å²) in [6, 6.07) is -0.254. The zero-order chi connectivity index (χ0) is 17.8. The molecule has 0 N–H and O–H groups in total. The third kappa shape index (κ3) is 6.64. The molecule has 1 heterocycles. The fourth-order valence-electron chi connectivity index (χ4n) is 2.24. The van der Waals surface area contributed by atoms with Crippen LogP contribution in [0.25, 0.3) is 0 Å².